The first-order valence-corrected chi connectivity index (χ1v) is 10.1. The number of alkyl halides is 3. The minimum Gasteiger partial charge on any atom is -0.496 e. The number of urea groups is 1. The molecule has 3 rings (SSSR count). The number of carbonyl (C=O) groups is 2. The fourth-order valence-corrected chi connectivity index (χ4v) is 3.45. The molecule has 2 amide bonds. The van der Waals surface area contributed by atoms with Gasteiger partial charge in [0.15, 0.2) is 0 Å². The minimum absolute atomic E-state index is 0.00658. The van der Waals surface area contributed by atoms with Crippen LogP contribution in [0.15, 0.2) is 47.7 Å². The molecule has 1 atom stereocenters. The number of hydrogen-bond donors (Lipinski definition) is 2. The van der Waals surface area contributed by atoms with E-state index in [2.05, 4.69) is 10.6 Å². The van der Waals surface area contributed by atoms with E-state index in [0.717, 1.165) is 6.07 Å². The van der Waals surface area contributed by atoms with Gasteiger partial charge in [-0.25, -0.2) is 9.59 Å². The number of nitro groups is 1. The average Bonchev–Trinajstić information content (AvgIpc) is 2.77. The number of methoxy groups -OCH3 is 1. The molecule has 13 heteroatoms. The summed E-state index contributed by atoms with van der Waals surface area (Å²) in [5, 5.41) is 16.4. The molecule has 0 aliphatic carbocycles. The van der Waals surface area contributed by atoms with Crippen molar-refractivity contribution in [3.63, 3.8) is 0 Å². The van der Waals surface area contributed by atoms with Crippen LogP contribution in [0.3, 0.4) is 0 Å². The lowest BCUT2D eigenvalue weighted by Gasteiger charge is -2.29. The number of nitro benzene ring substituents is 1. The summed E-state index contributed by atoms with van der Waals surface area (Å²) in [6.45, 7) is 3.27. The topological polar surface area (TPSA) is 129 Å². The fraction of sp³-hybridized carbons (Fsp3) is 0.273. The summed E-state index contributed by atoms with van der Waals surface area (Å²) < 4.78 is 54.8. The van der Waals surface area contributed by atoms with Crippen molar-refractivity contribution in [2.45, 2.75) is 26.1 Å². The zero-order valence-electron chi connectivity index (χ0n) is 18.7. The summed E-state index contributed by atoms with van der Waals surface area (Å²) in [6, 6.07) is 4.51. The third kappa shape index (κ3) is 5.45. The highest BCUT2D eigenvalue weighted by Crippen LogP contribution is 2.40. The molecule has 186 valence electrons. The Morgan fingerprint density at radius 3 is 2.49 bits per heavy atom. The van der Waals surface area contributed by atoms with E-state index in [0.29, 0.717) is 17.7 Å². The fourth-order valence-electron chi connectivity index (χ4n) is 3.45. The second-order valence-corrected chi connectivity index (χ2v) is 7.23. The van der Waals surface area contributed by atoms with Crippen LogP contribution >= 0.6 is 0 Å². The molecular formula is C22H20F3N3O7. The molecule has 0 saturated carbocycles. The monoisotopic (exact) mass is 495 g/mol. The molecule has 10 nitrogen and oxygen atoms in total. The smallest absolute Gasteiger partial charge is 0.416 e. The van der Waals surface area contributed by atoms with Crippen molar-refractivity contribution in [1.82, 2.24) is 10.6 Å². The summed E-state index contributed by atoms with van der Waals surface area (Å²) in [5.41, 5.74) is -1.31. The number of benzene rings is 2. The van der Waals surface area contributed by atoms with Crippen molar-refractivity contribution >= 4 is 17.7 Å². The van der Waals surface area contributed by atoms with Crippen molar-refractivity contribution in [3.8, 4) is 17.2 Å². The number of nitrogens with zero attached hydrogens (tertiary/aromatic N) is 1. The van der Waals surface area contributed by atoms with Crippen LogP contribution < -0.4 is 20.1 Å². The first kappa shape index (κ1) is 25.3. The Morgan fingerprint density at radius 2 is 1.89 bits per heavy atom. The van der Waals surface area contributed by atoms with Gasteiger partial charge in [-0.15, -0.1) is 0 Å². The van der Waals surface area contributed by atoms with Crippen LogP contribution in [0.2, 0.25) is 0 Å². The van der Waals surface area contributed by atoms with Crippen LogP contribution in [0.5, 0.6) is 17.2 Å². The van der Waals surface area contributed by atoms with E-state index < -0.39 is 46.1 Å². The molecule has 1 aliphatic rings. The van der Waals surface area contributed by atoms with Gasteiger partial charge in [-0.3, -0.25) is 10.1 Å². The van der Waals surface area contributed by atoms with Crippen LogP contribution in [0.25, 0.3) is 0 Å². The van der Waals surface area contributed by atoms with Gasteiger partial charge in [0.1, 0.15) is 11.5 Å². The minimum atomic E-state index is -4.77. The molecule has 1 unspecified atom stereocenters. The summed E-state index contributed by atoms with van der Waals surface area (Å²) in [4.78, 5) is 34.9. The highest BCUT2D eigenvalue weighted by molar-refractivity contribution is 5.95. The van der Waals surface area contributed by atoms with Crippen LogP contribution in [0, 0.1) is 10.1 Å². The first-order valence-electron chi connectivity index (χ1n) is 10.1. The number of nitrogens with one attached hydrogen (secondary N) is 2. The second-order valence-electron chi connectivity index (χ2n) is 7.23. The second kappa shape index (κ2) is 9.91. The van der Waals surface area contributed by atoms with E-state index in [4.69, 9.17) is 14.2 Å². The lowest BCUT2D eigenvalue weighted by atomic mass is 9.94. The van der Waals surface area contributed by atoms with Crippen molar-refractivity contribution in [1.29, 1.82) is 0 Å². The average molecular weight is 495 g/mol. The standard InChI is InChI=1S/C22H20F3N3O7/c1-4-34-20(29)18-11(2)26-21(30)27-19(18)14-7-6-13(10-17(14)33-3)35-16-8-5-12(22(23,24)25)9-15(16)28(31)32/h5-10,19H,4H2,1-3H3,(H2,26,27,30). The van der Waals surface area contributed by atoms with Gasteiger partial charge < -0.3 is 24.8 Å². The maximum absolute atomic E-state index is 13.0. The number of hydrogen-bond acceptors (Lipinski definition) is 7. The van der Waals surface area contributed by atoms with Gasteiger partial charge in [-0.2, -0.15) is 13.2 Å². The number of ether oxygens (including phenoxy) is 3. The third-order valence-electron chi connectivity index (χ3n) is 4.99. The molecule has 0 aromatic heterocycles. The number of rotatable bonds is 7. The summed E-state index contributed by atoms with van der Waals surface area (Å²) in [5.74, 6) is -0.938. The summed E-state index contributed by atoms with van der Waals surface area (Å²) in [6.07, 6.45) is -4.77. The van der Waals surface area contributed by atoms with Gasteiger partial charge in [0.2, 0.25) is 5.75 Å². The highest BCUT2D eigenvalue weighted by atomic mass is 19.4. The molecule has 2 aromatic rings. The molecule has 0 saturated heterocycles. The van der Waals surface area contributed by atoms with Gasteiger partial charge in [-0.1, -0.05) is 0 Å². The van der Waals surface area contributed by atoms with Crippen LogP contribution in [0.4, 0.5) is 23.7 Å². The van der Waals surface area contributed by atoms with E-state index in [-0.39, 0.29) is 29.4 Å². The lowest BCUT2D eigenvalue weighted by molar-refractivity contribution is -0.385. The van der Waals surface area contributed by atoms with Crippen molar-refractivity contribution in [2.24, 2.45) is 0 Å². The van der Waals surface area contributed by atoms with E-state index in [1.165, 1.54) is 32.2 Å². The maximum Gasteiger partial charge on any atom is 0.416 e. The zero-order valence-corrected chi connectivity index (χ0v) is 18.7. The predicted molar refractivity (Wildman–Crippen MR) is 115 cm³/mol. The largest absolute Gasteiger partial charge is 0.496 e. The Morgan fingerprint density at radius 1 is 1.17 bits per heavy atom. The van der Waals surface area contributed by atoms with E-state index in [1.54, 1.807) is 6.92 Å². The Labute approximate surface area is 196 Å². The number of halogens is 3. The Kier molecular flexibility index (Phi) is 7.17. The first-order chi connectivity index (χ1) is 16.5. The Bertz CT molecular complexity index is 1210. The predicted octanol–water partition coefficient (Wildman–Crippen LogP) is 4.61. The molecule has 1 aliphatic heterocycles. The normalized spacial score (nSPS) is 15.7. The van der Waals surface area contributed by atoms with Crippen molar-refractivity contribution < 1.29 is 41.9 Å². The number of amides is 2. The lowest BCUT2D eigenvalue weighted by Crippen LogP contribution is -2.45. The number of carbonyl (C=O) groups excluding carboxylic acids is 2. The highest BCUT2D eigenvalue weighted by Gasteiger charge is 2.35. The van der Waals surface area contributed by atoms with Crippen LogP contribution in [-0.4, -0.2) is 30.6 Å². The Hall–Kier alpha value is -4.29. The van der Waals surface area contributed by atoms with Crippen LogP contribution in [-0.2, 0) is 15.7 Å². The van der Waals surface area contributed by atoms with Gasteiger partial charge >= 0.3 is 23.9 Å². The van der Waals surface area contributed by atoms with E-state index in [1.807, 2.05) is 0 Å². The zero-order chi connectivity index (χ0) is 25.9. The summed E-state index contributed by atoms with van der Waals surface area (Å²) in [7, 11) is 1.31. The molecule has 35 heavy (non-hydrogen) atoms. The third-order valence-corrected chi connectivity index (χ3v) is 4.99. The number of allylic oxidation sites excluding steroid dienone is 1. The molecular weight excluding hydrogens is 475 g/mol. The number of esters is 1. The SMILES string of the molecule is CCOC(=O)C1=C(C)NC(=O)NC1c1ccc(Oc2ccc(C(F)(F)F)cc2[N+](=O)[O-])cc1OC. The van der Waals surface area contributed by atoms with Crippen LogP contribution in [0.1, 0.15) is 31.0 Å². The maximum atomic E-state index is 13.0. The molecule has 0 fully saturated rings. The van der Waals surface area contributed by atoms with E-state index >= 15 is 0 Å². The molecule has 0 spiro atoms. The quantitative estimate of drug-likeness (QED) is 0.326. The molecule has 0 radical (unpaired) electrons. The van der Waals surface area contributed by atoms with E-state index in [9.17, 15) is 32.9 Å². The Balaban J connectivity index is 2.00. The molecule has 0 bridgehead atoms. The molecule has 2 aromatic carbocycles. The van der Waals surface area contributed by atoms with Crippen molar-refractivity contribution in [2.75, 3.05) is 13.7 Å². The van der Waals surface area contributed by atoms with Gasteiger partial charge in [0, 0.05) is 23.4 Å². The van der Waals surface area contributed by atoms with Crippen molar-refractivity contribution in [3.05, 3.63) is 68.9 Å². The molecule has 2 N–H and O–H groups in total. The van der Waals surface area contributed by atoms with Gasteiger partial charge in [-0.05, 0) is 38.1 Å². The van der Waals surface area contributed by atoms with Gasteiger partial charge in [0.05, 0.1) is 35.8 Å². The van der Waals surface area contributed by atoms with Gasteiger partial charge in [0.25, 0.3) is 0 Å². The summed E-state index contributed by atoms with van der Waals surface area (Å²) >= 11 is 0. The molecule has 1 heterocycles.